The van der Waals surface area contributed by atoms with Crippen LogP contribution in [-0.2, 0) is 0 Å². The molecule has 0 radical (unpaired) electrons. The van der Waals surface area contributed by atoms with E-state index in [9.17, 15) is 4.39 Å². The molecule has 3 aromatic rings. The summed E-state index contributed by atoms with van der Waals surface area (Å²) in [5.41, 5.74) is 3.35. The van der Waals surface area contributed by atoms with Crippen molar-refractivity contribution in [1.29, 1.82) is 0 Å². The highest BCUT2D eigenvalue weighted by atomic mass is 32.1. The molecule has 5 heteroatoms. The van der Waals surface area contributed by atoms with Crippen molar-refractivity contribution < 1.29 is 4.39 Å². The molecule has 0 aliphatic carbocycles. The molecule has 0 saturated heterocycles. The second-order valence-corrected chi connectivity index (χ2v) is 6.46. The standard InChI is InChI=1S/C20H18FN3S/c1-15(2)12-22-20-24(23-13-17-10-6-7-11-18(17)21)19(14-25-20)16-8-4-3-5-9-16/h3-11,13-14H,1,12H2,2H3. The summed E-state index contributed by atoms with van der Waals surface area (Å²) >= 11 is 1.50. The summed E-state index contributed by atoms with van der Waals surface area (Å²) in [5, 5.41) is 6.50. The fourth-order valence-electron chi connectivity index (χ4n) is 2.23. The molecule has 0 bridgehead atoms. The Morgan fingerprint density at radius 3 is 2.60 bits per heavy atom. The third kappa shape index (κ3) is 4.19. The smallest absolute Gasteiger partial charge is 0.206 e. The fraction of sp³-hybridized carbons (Fsp3) is 0.100. The van der Waals surface area contributed by atoms with E-state index in [1.807, 2.05) is 42.6 Å². The average molecular weight is 351 g/mol. The van der Waals surface area contributed by atoms with Crippen LogP contribution in [0.4, 0.5) is 4.39 Å². The van der Waals surface area contributed by atoms with Gasteiger partial charge in [0, 0.05) is 16.5 Å². The minimum absolute atomic E-state index is 0.302. The lowest BCUT2D eigenvalue weighted by atomic mass is 10.2. The van der Waals surface area contributed by atoms with Crippen LogP contribution in [0, 0.1) is 5.82 Å². The van der Waals surface area contributed by atoms with E-state index in [0.717, 1.165) is 21.6 Å². The van der Waals surface area contributed by atoms with E-state index in [-0.39, 0.29) is 5.82 Å². The van der Waals surface area contributed by atoms with Gasteiger partial charge in [0.2, 0.25) is 4.80 Å². The average Bonchev–Trinajstić information content (AvgIpc) is 3.03. The van der Waals surface area contributed by atoms with Gasteiger partial charge in [-0.15, -0.1) is 11.3 Å². The predicted molar refractivity (Wildman–Crippen MR) is 102 cm³/mol. The SMILES string of the molecule is C=C(C)CN=c1scc(-c2ccccc2)n1N=Cc1ccccc1F. The van der Waals surface area contributed by atoms with Crippen molar-refractivity contribution in [2.45, 2.75) is 6.92 Å². The maximum Gasteiger partial charge on any atom is 0.206 e. The molecule has 1 heterocycles. The molecule has 25 heavy (non-hydrogen) atoms. The summed E-state index contributed by atoms with van der Waals surface area (Å²) < 4.78 is 15.6. The number of rotatable bonds is 5. The molecule has 0 N–H and O–H groups in total. The molecule has 1 aromatic heterocycles. The maximum absolute atomic E-state index is 13.9. The van der Waals surface area contributed by atoms with Crippen molar-refractivity contribution in [3.8, 4) is 11.3 Å². The maximum atomic E-state index is 13.9. The second-order valence-electron chi connectivity index (χ2n) is 5.62. The Labute approximate surface area is 150 Å². The van der Waals surface area contributed by atoms with Crippen LogP contribution in [0.5, 0.6) is 0 Å². The molecule has 0 aliphatic rings. The normalized spacial score (nSPS) is 12.0. The van der Waals surface area contributed by atoms with Gasteiger partial charge < -0.3 is 0 Å². The first-order chi connectivity index (χ1) is 12.1. The molecular formula is C20H18FN3S. The zero-order chi connectivity index (χ0) is 17.6. The van der Waals surface area contributed by atoms with Crippen LogP contribution in [0.25, 0.3) is 11.3 Å². The molecule has 2 aromatic carbocycles. The summed E-state index contributed by atoms with van der Waals surface area (Å²) in [7, 11) is 0. The summed E-state index contributed by atoms with van der Waals surface area (Å²) in [6.07, 6.45) is 1.52. The van der Waals surface area contributed by atoms with E-state index < -0.39 is 0 Å². The van der Waals surface area contributed by atoms with Gasteiger partial charge in [-0.1, -0.05) is 60.7 Å². The van der Waals surface area contributed by atoms with Crippen molar-refractivity contribution in [1.82, 2.24) is 4.68 Å². The highest BCUT2D eigenvalue weighted by Gasteiger charge is 2.07. The lowest BCUT2D eigenvalue weighted by molar-refractivity contribution is 0.625. The van der Waals surface area contributed by atoms with Gasteiger partial charge in [0.05, 0.1) is 18.5 Å². The van der Waals surface area contributed by atoms with Crippen LogP contribution in [0.2, 0.25) is 0 Å². The summed E-state index contributed by atoms with van der Waals surface area (Å²) in [5.74, 6) is -0.302. The molecule has 0 amide bonds. The Hall–Kier alpha value is -2.79. The van der Waals surface area contributed by atoms with Crippen molar-refractivity contribution in [2.24, 2.45) is 10.1 Å². The van der Waals surface area contributed by atoms with Crippen molar-refractivity contribution >= 4 is 17.6 Å². The Bertz CT molecular complexity index is 968. The molecule has 0 spiro atoms. The molecule has 0 unspecified atom stereocenters. The molecule has 3 nitrogen and oxygen atoms in total. The van der Waals surface area contributed by atoms with Gasteiger partial charge in [-0.2, -0.15) is 5.10 Å². The quantitative estimate of drug-likeness (QED) is 0.470. The largest absolute Gasteiger partial charge is 0.253 e. The summed E-state index contributed by atoms with van der Waals surface area (Å²) in [6, 6.07) is 16.5. The summed E-state index contributed by atoms with van der Waals surface area (Å²) in [6.45, 7) is 6.35. The van der Waals surface area contributed by atoms with Crippen LogP contribution in [0.3, 0.4) is 0 Å². The first-order valence-corrected chi connectivity index (χ1v) is 8.73. The fourth-order valence-corrected chi connectivity index (χ4v) is 3.07. The van der Waals surface area contributed by atoms with E-state index in [1.165, 1.54) is 23.6 Å². The van der Waals surface area contributed by atoms with Gasteiger partial charge in [-0.05, 0) is 13.0 Å². The van der Waals surface area contributed by atoms with E-state index in [2.05, 4.69) is 16.7 Å². The van der Waals surface area contributed by atoms with E-state index in [4.69, 9.17) is 0 Å². The molecule has 0 atom stereocenters. The Morgan fingerprint density at radius 2 is 1.88 bits per heavy atom. The lowest BCUT2D eigenvalue weighted by Crippen LogP contribution is -2.13. The Balaban J connectivity index is 2.08. The molecule has 0 aliphatic heterocycles. The molecule has 0 fully saturated rings. The van der Waals surface area contributed by atoms with E-state index >= 15 is 0 Å². The lowest BCUT2D eigenvalue weighted by Gasteiger charge is -2.03. The number of hydrogen-bond acceptors (Lipinski definition) is 3. The van der Waals surface area contributed by atoms with Crippen molar-refractivity contribution in [3.63, 3.8) is 0 Å². The zero-order valence-electron chi connectivity index (χ0n) is 13.9. The number of halogens is 1. The summed E-state index contributed by atoms with van der Waals surface area (Å²) in [4.78, 5) is 5.31. The number of thiazole rings is 1. The Kier molecular flexibility index (Phi) is 5.36. The van der Waals surface area contributed by atoms with Crippen molar-refractivity contribution in [3.05, 3.63) is 88.3 Å². The molecular weight excluding hydrogens is 333 g/mol. The highest BCUT2D eigenvalue weighted by molar-refractivity contribution is 7.07. The van der Waals surface area contributed by atoms with Gasteiger partial charge in [0.1, 0.15) is 5.82 Å². The number of benzene rings is 2. The van der Waals surface area contributed by atoms with E-state index in [1.54, 1.807) is 22.9 Å². The van der Waals surface area contributed by atoms with Crippen molar-refractivity contribution in [2.75, 3.05) is 6.54 Å². The van der Waals surface area contributed by atoms with Crippen LogP contribution >= 0.6 is 11.3 Å². The van der Waals surface area contributed by atoms with Crippen LogP contribution < -0.4 is 4.80 Å². The third-order valence-electron chi connectivity index (χ3n) is 3.46. The second kappa shape index (κ2) is 7.85. The number of hydrogen-bond donors (Lipinski definition) is 0. The predicted octanol–water partition coefficient (Wildman–Crippen LogP) is 4.71. The molecule has 0 saturated carbocycles. The van der Waals surface area contributed by atoms with E-state index in [0.29, 0.717) is 12.1 Å². The van der Waals surface area contributed by atoms with Gasteiger partial charge in [0.15, 0.2) is 0 Å². The van der Waals surface area contributed by atoms with Gasteiger partial charge in [-0.25, -0.2) is 9.07 Å². The molecule has 3 rings (SSSR count). The highest BCUT2D eigenvalue weighted by Crippen LogP contribution is 2.19. The monoisotopic (exact) mass is 351 g/mol. The number of nitrogens with zero attached hydrogens (tertiary/aromatic N) is 3. The minimum Gasteiger partial charge on any atom is -0.253 e. The number of aromatic nitrogens is 1. The third-order valence-corrected chi connectivity index (χ3v) is 4.31. The van der Waals surface area contributed by atoms with Gasteiger partial charge in [0.25, 0.3) is 0 Å². The molecule has 126 valence electrons. The van der Waals surface area contributed by atoms with Crippen LogP contribution in [0.15, 0.2) is 82.2 Å². The van der Waals surface area contributed by atoms with Gasteiger partial charge >= 0.3 is 0 Å². The first-order valence-electron chi connectivity index (χ1n) is 7.85. The first kappa shape index (κ1) is 17.0. The Morgan fingerprint density at radius 1 is 1.16 bits per heavy atom. The zero-order valence-corrected chi connectivity index (χ0v) is 14.7. The van der Waals surface area contributed by atoms with Gasteiger partial charge in [-0.3, -0.25) is 4.99 Å². The van der Waals surface area contributed by atoms with Crippen LogP contribution in [-0.4, -0.2) is 17.4 Å². The minimum atomic E-state index is -0.302. The van der Waals surface area contributed by atoms with Crippen LogP contribution in [0.1, 0.15) is 12.5 Å². The topological polar surface area (TPSA) is 29.6 Å².